The van der Waals surface area contributed by atoms with Crippen LogP contribution in [0.4, 0.5) is 0 Å². The molecule has 0 atom stereocenters. The maximum atomic E-state index is 11.4. The zero-order valence-corrected chi connectivity index (χ0v) is 13.3. The van der Waals surface area contributed by atoms with E-state index in [4.69, 9.17) is 33.7 Å². The molecule has 0 aliphatic carbocycles. The SMILES string of the molecule is NC(=O)c1cc(Br)ccc1OCc1ccc(Cl)c(Cl)c1. The van der Waals surface area contributed by atoms with Gasteiger partial charge in [-0.05, 0) is 35.9 Å². The molecule has 2 N–H and O–H groups in total. The first-order chi connectivity index (χ1) is 9.47. The van der Waals surface area contributed by atoms with Crippen molar-refractivity contribution < 1.29 is 9.53 Å². The number of rotatable bonds is 4. The zero-order chi connectivity index (χ0) is 14.7. The number of primary amides is 1. The number of amides is 1. The highest BCUT2D eigenvalue weighted by molar-refractivity contribution is 9.10. The summed E-state index contributed by atoms with van der Waals surface area (Å²) in [6.45, 7) is 0.263. The van der Waals surface area contributed by atoms with E-state index in [1.807, 2.05) is 0 Å². The largest absolute Gasteiger partial charge is 0.488 e. The molecule has 2 aromatic carbocycles. The predicted octanol–water partition coefficient (Wildman–Crippen LogP) is 4.43. The van der Waals surface area contributed by atoms with E-state index in [2.05, 4.69) is 15.9 Å². The van der Waals surface area contributed by atoms with Crippen LogP contribution in [0.5, 0.6) is 5.75 Å². The molecule has 20 heavy (non-hydrogen) atoms. The highest BCUT2D eigenvalue weighted by Crippen LogP contribution is 2.26. The van der Waals surface area contributed by atoms with E-state index in [9.17, 15) is 4.79 Å². The van der Waals surface area contributed by atoms with Gasteiger partial charge >= 0.3 is 0 Å². The fourth-order valence-corrected chi connectivity index (χ4v) is 2.29. The van der Waals surface area contributed by atoms with Crippen LogP contribution in [0.15, 0.2) is 40.9 Å². The summed E-state index contributed by atoms with van der Waals surface area (Å²) in [5, 5.41) is 0.940. The second-order valence-corrected chi connectivity index (χ2v) is 5.77. The fraction of sp³-hybridized carbons (Fsp3) is 0.0714. The maximum absolute atomic E-state index is 11.4. The highest BCUT2D eigenvalue weighted by atomic mass is 79.9. The summed E-state index contributed by atoms with van der Waals surface area (Å²) >= 11 is 15.1. The Morgan fingerprint density at radius 1 is 1.15 bits per heavy atom. The molecule has 2 rings (SSSR count). The minimum Gasteiger partial charge on any atom is -0.488 e. The summed E-state index contributed by atoms with van der Waals surface area (Å²) in [5.41, 5.74) is 6.48. The molecule has 0 aliphatic heterocycles. The zero-order valence-electron chi connectivity index (χ0n) is 10.2. The molecular weight excluding hydrogens is 365 g/mol. The van der Waals surface area contributed by atoms with Gasteiger partial charge in [0, 0.05) is 4.47 Å². The Labute approximate surface area is 134 Å². The number of halogens is 3. The van der Waals surface area contributed by atoms with Gasteiger partial charge in [-0.3, -0.25) is 4.79 Å². The van der Waals surface area contributed by atoms with Gasteiger partial charge in [-0.2, -0.15) is 0 Å². The van der Waals surface area contributed by atoms with E-state index in [-0.39, 0.29) is 6.61 Å². The molecule has 0 fully saturated rings. The number of hydrogen-bond donors (Lipinski definition) is 1. The van der Waals surface area contributed by atoms with Crippen molar-refractivity contribution in [3.8, 4) is 5.75 Å². The van der Waals surface area contributed by atoms with Crippen molar-refractivity contribution >= 4 is 45.0 Å². The molecule has 0 saturated heterocycles. The quantitative estimate of drug-likeness (QED) is 0.860. The average Bonchev–Trinajstić information content (AvgIpc) is 2.41. The van der Waals surface area contributed by atoms with Crippen molar-refractivity contribution in [2.24, 2.45) is 5.73 Å². The first-order valence-corrected chi connectivity index (χ1v) is 7.18. The van der Waals surface area contributed by atoms with Gasteiger partial charge in [0.1, 0.15) is 12.4 Å². The van der Waals surface area contributed by atoms with E-state index < -0.39 is 5.91 Å². The summed E-state index contributed by atoms with van der Waals surface area (Å²) < 4.78 is 6.37. The molecular formula is C14H10BrCl2NO2. The van der Waals surface area contributed by atoms with Crippen LogP contribution in [0, 0.1) is 0 Å². The Bertz CT molecular complexity index is 662. The van der Waals surface area contributed by atoms with Crippen LogP contribution < -0.4 is 10.5 Å². The molecule has 104 valence electrons. The third-order valence-corrected chi connectivity index (χ3v) is 3.82. The van der Waals surface area contributed by atoms with E-state index >= 15 is 0 Å². The van der Waals surface area contributed by atoms with E-state index in [1.165, 1.54) is 0 Å². The third-order valence-electron chi connectivity index (χ3n) is 2.59. The number of hydrogen-bond acceptors (Lipinski definition) is 2. The highest BCUT2D eigenvalue weighted by Gasteiger charge is 2.10. The topological polar surface area (TPSA) is 52.3 Å². The van der Waals surface area contributed by atoms with E-state index in [0.717, 1.165) is 10.0 Å². The standard InChI is InChI=1S/C14H10BrCl2NO2/c15-9-2-4-13(10(6-9)14(18)19)20-7-8-1-3-11(16)12(17)5-8/h1-6H,7H2,(H2,18,19). The van der Waals surface area contributed by atoms with Crippen LogP contribution in [0.1, 0.15) is 15.9 Å². The maximum Gasteiger partial charge on any atom is 0.252 e. The summed E-state index contributed by atoms with van der Waals surface area (Å²) in [7, 11) is 0. The average molecular weight is 375 g/mol. The molecule has 0 bridgehead atoms. The lowest BCUT2D eigenvalue weighted by Gasteiger charge is -2.10. The second kappa shape index (κ2) is 6.48. The van der Waals surface area contributed by atoms with Crippen molar-refractivity contribution in [1.82, 2.24) is 0 Å². The Morgan fingerprint density at radius 3 is 2.55 bits per heavy atom. The Hall–Kier alpha value is -1.23. The monoisotopic (exact) mass is 373 g/mol. The molecule has 2 aromatic rings. The van der Waals surface area contributed by atoms with Crippen molar-refractivity contribution in [3.63, 3.8) is 0 Å². The van der Waals surface area contributed by atoms with E-state index in [0.29, 0.717) is 21.4 Å². The predicted molar refractivity (Wildman–Crippen MR) is 83.5 cm³/mol. The Kier molecular flexibility index (Phi) is 4.91. The van der Waals surface area contributed by atoms with Crippen molar-refractivity contribution in [3.05, 3.63) is 62.0 Å². The molecule has 3 nitrogen and oxygen atoms in total. The Morgan fingerprint density at radius 2 is 1.90 bits per heavy atom. The van der Waals surface area contributed by atoms with Gasteiger partial charge in [-0.1, -0.05) is 45.2 Å². The lowest BCUT2D eigenvalue weighted by atomic mass is 10.2. The fourth-order valence-electron chi connectivity index (χ4n) is 1.61. The number of ether oxygens (including phenoxy) is 1. The number of benzene rings is 2. The molecule has 0 spiro atoms. The van der Waals surface area contributed by atoms with Crippen molar-refractivity contribution in [1.29, 1.82) is 0 Å². The number of nitrogens with two attached hydrogens (primary N) is 1. The van der Waals surface area contributed by atoms with Crippen LogP contribution in [0.3, 0.4) is 0 Å². The number of carbonyl (C=O) groups excluding carboxylic acids is 1. The van der Waals surface area contributed by atoms with Gasteiger partial charge in [0.15, 0.2) is 0 Å². The smallest absolute Gasteiger partial charge is 0.252 e. The van der Waals surface area contributed by atoms with Crippen LogP contribution in [0.25, 0.3) is 0 Å². The van der Waals surface area contributed by atoms with Crippen LogP contribution in [-0.4, -0.2) is 5.91 Å². The minimum absolute atomic E-state index is 0.263. The first kappa shape index (κ1) is 15.2. The molecule has 0 unspecified atom stereocenters. The second-order valence-electron chi connectivity index (χ2n) is 4.04. The lowest BCUT2D eigenvalue weighted by Crippen LogP contribution is -2.13. The molecule has 0 radical (unpaired) electrons. The minimum atomic E-state index is -0.546. The third kappa shape index (κ3) is 3.66. The molecule has 0 saturated carbocycles. The molecule has 0 heterocycles. The molecule has 6 heteroatoms. The van der Waals surface area contributed by atoms with Crippen molar-refractivity contribution in [2.45, 2.75) is 6.61 Å². The molecule has 0 aromatic heterocycles. The first-order valence-electron chi connectivity index (χ1n) is 5.63. The summed E-state index contributed by atoms with van der Waals surface area (Å²) in [6, 6.07) is 10.3. The van der Waals surface area contributed by atoms with Crippen LogP contribution >= 0.6 is 39.1 Å². The Balaban J connectivity index is 2.18. The van der Waals surface area contributed by atoms with Gasteiger partial charge in [-0.25, -0.2) is 0 Å². The normalized spacial score (nSPS) is 10.3. The van der Waals surface area contributed by atoms with Gasteiger partial charge in [-0.15, -0.1) is 0 Å². The molecule has 0 aliphatic rings. The molecule has 1 amide bonds. The summed E-state index contributed by atoms with van der Waals surface area (Å²) in [4.78, 5) is 11.4. The van der Waals surface area contributed by atoms with Gasteiger partial charge in [0.05, 0.1) is 15.6 Å². The number of carbonyl (C=O) groups is 1. The van der Waals surface area contributed by atoms with Gasteiger partial charge in [0.25, 0.3) is 5.91 Å². The summed E-state index contributed by atoms with van der Waals surface area (Å²) in [6.07, 6.45) is 0. The summed E-state index contributed by atoms with van der Waals surface area (Å²) in [5.74, 6) is -0.123. The van der Waals surface area contributed by atoms with Crippen molar-refractivity contribution in [2.75, 3.05) is 0 Å². The van der Waals surface area contributed by atoms with Gasteiger partial charge < -0.3 is 10.5 Å². The van der Waals surface area contributed by atoms with E-state index in [1.54, 1.807) is 36.4 Å². The van der Waals surface area contributed by atoms with Crippen LogP contribution in [0.2, 0.25) is 10.0 Å². The lowest BCUT2D eigenvalue weighted by molar-refractivity contribution is 0.0996. The van der Waals surface area contributed by atoms with Gasteiger partial charge in [0.2, 0.25) is 0 Å². The van der Waals surface area contributed by atoms with Crippen LogP contribution in [-0.2, 0) is 6.61 Å².